The molecule has 0 saturated heterocycles. The van der Waals surface area contributed by atoms with Gasteiger partial charge in [0, 0.05) is 17.8 Å². The molecular weight excluding hydrogens is 210 g/mol. The normalized spacial score (nSPS) is 13.7. The number of hydrogen-bond acceptors (Lipinski definition) is 2. The van der Waals surface area contributed by atoms with Crippen molar-refractivity contribution in [2.24, 2.45) is 0 Å². The fourth-order valence-electron chi connectivity index (χ4n) is 1.97. The first kappa shape index (κ1) is 8.80. The lowest BCUT2D eigenvalue weighted by atomic mass is 10.1. The van der Waals surface area contributed by atoms with Crippen LogP contribution in [0.1, 0.15) is 5.56 Å². The minimum absolute atomic E-state index is 0.757. The molecule has 15 heavy (non-hydrogen) atoms. The summed E-state index contributed by atoms with van der Waals surface area (Å²) in [7, 11) is 0. The van der Waals surface area contributed by atoms with Crippen molar-refractivity contribution in [2.45, 2.75) is 6.42 Å². The molecular formula is C11H10ClN3. The summed E-state index contributed by atoms with van der Waals surface area (Å²) in [6.45, 7) is 0.917. The van der Waals surface area contributed by atoms with Gasteiger partial charge in [-0.3, -0.25) is 5.10 Å². The third-order valence-corrected chi connectivity index (χ3v) is 3.01. The molecule has 0 spiro atoms. The van der Waals surface area contributed by atoms with Crippen molar-refractivity contribution in [1.29, 1.82) is 0 Å². The Balaban J connectivity index is 2.32. The first-order valence-corrected chi connectivity index (χ1v) is 5.29. The van der Waals surface area contributed by atoms with Crippen molar-refractivity contribution < 1.29 is 0 Å². The van der Waals surface area contributed by atoms with Crippen molar-refractivity contribution >= 4 is 17.3 Å². The molecule has 2 aromatic rings. The lowest BCUT2D eigenvalue weighted by molar-refractivity contribution is 1.03. The molecule has 3 rings (SSSR count). The summed E-state index contributed by atoms with van der Waals surface area (Å²) in [5.74, 6) is 0. The second-order valence-electron chi connectivity index (χ2n) is 3.61. The van der Waals surface area contributed by atoms with Crippen LogP contribution in [0.2, 0.25) is 5.02 Å². The van der Waals surface area contributed by atoms with E-state index in [-0.39, 0.29) is 0 Å². The van der Waals surface area contributed by atoms with Crippen LogP contribution in [0.5, 0.6) is 0 Å². The number of hydrogen-bond donors (Lipinski definition) is 2. The van der Waals surface area contributed by atoms with E-state index in [4.69, 9.17) is 11.6 Å². The van der Waals surface area contributed by atoms with Crippen LogP contribution in [0.4, 0.5) is 5.69 Å². The lowest BCUT2D eigenvalue weighted by Crippen LogP contribution is -2.01. The summed E-state index contributed by atoms with van der Waals surface area (Å²) in [5, 5.41) is 11.2. The average Bonchev–Trinajstić information content (AvgIpc) is 2.60. The Bertz CT molecular complexity index is 504. The molecule has 1 aromatic heterocycles. The summed E-state index contributed by atoms with van der Waals surface area (Å²) in [6.07, 6.45) is 2.84. The van der Waals surface area contributed by atoms with Gasteiger partial charge in [0.25, 0.3) is 0 Å². The maximum atomic E-state index is 6.21. The monoisotopic (exact) mass is 219 g/mol. The van der Waals surface area contributed by atoms with Gasteiger partial charge in [-0.05, 0) is 24.1 Å². The Morgan fingerprint density at radius 3 is 3.20 bits per heavy atom. The minimum Gasteiger partial charge on any atom is -0.384 e. The van der Waals surface area contributed by atoms with Crippen molar-refractivity contribution in [3.05, 3.63) is 35.0 Å². The fraction of sp³-hybridized carbons (Fsp3) is 0.182. The smallest absolute Gasteiger partial charge is 0.0718 e. The number of halogens is 1. The Morgan fingerprint density at radius 2 is 2.27 bits per heavy atom. The van der Waals surface area contributed by atoms with Gasteiger partial charge in [0.05, 0.1) is 16.9 Å². The van der Waals surface area contributed by atoms with E-state index in [9.17, 15) is 0 Å². The van der Waals surface area contributed by atoms with Crippen LogP contribution in [-0.4, -0.2) is 16.7 Å². The quantitative estimate of drug-likeness (QED) is 0.715. The molecule has 1 aliphatic heterocycles. The number of rotatable bonds is 0. The zero-order valence-electron chi connectivity index (χ0n) is 8.05. The third kappa shape index (κ3) is 1.31. The molecule has 1 aliphatic rings. The second kappa shape index (κ2) is 3.28. The number of H-pyrrole nitrogens is 1. The van der Waals surface area contributed by atoms with Gasteiger partial charge >= 0.3 is 0 Å². The minimum atomic E-state index is 0.757. The highest BCUT2D eigenvalue weighted by atomic mass is 35.5. The molecule has 4 heteroatoms. The zero-order chi connectivity index (χ0) is 10.3. The number of aromatic amines is 1. The van der Waals surface area contributed by atoms with E-state index in [1.54, 1.807) is 0 Å². The van der Waals surface area contributed by atoms with Crippen molar-refractivity contribution in [1.82, 2.24) is 10.2 Å². The van der Waals surface area contributed by atoms with Crippen LogP contribution >= 0.6 is 11.6 Å². The van der Waals surface area contributed by atoms with Crippen LogP contribution in [0.25, 0.3) is 11.3 Å². The van der Waals surface area contributed by atoms with Crippen LogP contribution < -0.4 is 5.32 Å². The fourth-order valence-corrected chi connectivity index (χ4v) is 2.24. The lowest BCUT2D eigenvalue weighted by Gasteiger charge is -2.08. The van der Waals surface area contributed by atoms with E-state index in [1.807, 2.05) is 24.4 Å². The molecule has 1 aromatic carbocycles. The summed E-state index contributed by atoms with van der Waals surface area (Å²) in [5.41, 5.74) is 4.37. The van der Waals surface area contributed by atoms with E-state index >= 15 is 0 Å². The van der Waals surface area contributed by atoms with Crippen LogP contribution in [0.3, 0.4) is 0 Å². The SMILES string of the molecule is Clc1cccc2c1-c1[nH]ncc1CCN2. The van der Waals surface area contributed by atoms with Crippen molar-refractivity contribution in [2.75, 3.05) is 11.9 Å². The molecule has 0 unspecified atom stereocenters. The second-order valence-corrected chi connectivity index (χ2v) is 4.02. The van der Waals surface area contributed by atoms with Gasteiger partial charge in [-0.1, -0.05) is 17.7 Å². The number of nitrogens with one attached hydrogen (secondary N) is 2. The predicted molar refractivity (Wildman–Crippen MR) is 61.2 cm³/mol. The third-order valence-electron chi connectivity index (χ3n) is 2.69. The maximum Gasteiger partial charge on any atom is 0.0718 e. The van der Waals surface area contributed by atoms with Crippen molar-refractivity contribution in [3.63, 3.8) is 0 Å². The molecule has 0 radical (unpaired) electrons. The molecule has 0 bridgehead atoms. The Morgan fingerprint density at radius 1 is 1.33 bits per heavy atom. The molecule has 2 N–H and O–H groups in total. The largest absolute Gasteiger partial charge is 0.384 e. The molecule has 3 nitrogen and oxygen atoms in total. The Kier molecular flexibility index (Phi) is 1.92. The zero-order valence-corrected chi connectivity index (χ0v) is 8.80. The summed E-state index contributed by atoms with van der Waals surface area (Å²) in [6, 6.07) is 5.89. The molecule has 2 heterocycles. The highest BCUT2D eigenvalue weighted by molar-refractivity contribution is 6.34. The van der Waals surface area contributed by atoms with Gasteiger partial charge in [-0.25, -0.2) is 0 Å². The number of benzene rings is 1. The van der Waals surface area contributed by atoms with Gasteiger partial charge in [0.15, 0.2) is 0 Å². The van der Waals surface area contributed by atoms with Gasteiger partial charge < -0.3 is 5.32 Å². The Labute approximate surface area is 92.5 Å². The topological polar surface area (TPSA) is 40.7 Å². The number of nitrogens with zero attached hydrogens (tertiary/aromatic N) is 1. The average molecular weight is 220 g/mol. The number of anilines is 1. The first-order chi connectivity index (χ1) is 7.36. The van der Waals surface area contributed by atoms with Gasteiger partial charge in [-0.15, -0.1) is 0 Å². The molecule has 0 saturated carbocycles. The van der Waals surface area contributed by atoms with Crippen LogP contribution in [0.15, 0.2) is 24.4 Å². The molecule has 0 atom stereocenters. The van der Waals surface area contributed by atoms with E-state index in [0.29, 0.717) is 0 Å². The van der Waals surface area contributed by atoms with E-state index in [2.05, 4.69) is 15.5 Å². The van der Waals surface area contributed by atoms with Gasteiger partial charge in [0.2, 0.25) is 0 Å². The van der Waals surface area contributed by atoms with E-state index in [1.165, 1.54) is 5.56 Å². The highest BCUT2D eigenvalue weighted by Crippen LogP contribution is 2.37. The van der Waals surface area contributed by atoms with Crippen LogP contribution in [0, 0.1) is 0 Å². The van der Waals surface area contributed by atoms with Gasteiger partial charge in [0.1, 0.15) is 0 Å². The maximum absolute atomic E-state index is 6.21. The van der Waals surface area contributed by atoms with Crippen LogP contribution in [-0.2, 0) is 6.42 Å². The first-order valence-electron chi connectivity index (χ1n) is 4.91. The predicted octanol–water partition coefficient (Wildman–Crippen LogP) is 2.70. The van der Waals surface area contributed by atoms with Crippen molar-refractivity contribution in [3.8, 4) is 11.3 Å². The van der Waals surface area contributed by atoms with E-state index < -0.39 is 0 Å². The molecule has 0 aliphatic carbocycles. The number of fused-ring (bicyclic) bond motifs is 3. The summed E-state index contributed by atoms with van der Waals surface area (Å²) in [4.78, 5) is 0. The number of aromatic nitrogens is 2. The molecule has 0 fully saturated rings. The highest BCUT2D eigenvalue weighted by Gasteiger charge is 2.17. The van der Waals surface area contributed by atoms with Gasteiger partial charge in [-0.2, -0.15) is 5.10 Å². The summed E-state index contributed by atoms with van der Waals surface area (Å²) < 4.78 is 0. The summed E-state index contributed by atoms with van der Waals surface area (Å²) >= 11 is 6.21. The van der Waals surface area contributed by atoms with E-state index in [0.717, 1.165) is 34.9 Å². The standard InChI is InChI=1S/C11H10ClN3/c12-8-2-1-3-9-10(8)11-7(4-5-13-9)6-14-15-11/h1-3,6,13H,4-5H2,(H,14,15). The molecule has 0 amide bonds. The Hall–Kier alpha value is -1.48. The molecule has 76 valence electrons.